The second kappa shape index (κ2) is 10.8. The molecule has 1 fully saturated rings. The maximum Gasteiger partial charge on any atom is 0.338 e. The van der Waals surface area contributed by atoms with E-state index in [0.717, 1.165) is 0 Å². The molecular weight excluding hydrogens is 496 g/mol. The van der Waals surface area contributed by atoms with Crippen LogP contribution >= 0.6 is 11.6 Å². The highest BCUT2D eigenvalue weighted by molar-refractivity contribution is 6.52. The van der Waals surface area contributed by atoms with Crippen LogP contribution in [0.2, 0.25) is 5.02 Å². The Balaban J connectivity index is 1.84. The quantitative estimate of drug-likeness (QED) is 0.194. The number of rotatable bonds is 7. The summed E-state index contributed by atoms with van der Waals surface area (Å²) in [5.41, 5.74) is 1.17. The molecule has 0 spiro atoms. The Labute approximate surface area is 219 Å². The van der Waals surface area contributed by atoms with Gasteiger partial charge < -0.3 is 14.6 Å². The number of hydrogen-bond acceptors (Lipinski definition) is 7. The third-order valence-corrected chi connectivity index (χ3v) is 6.00. The molecule has 9 heteroatoms. The molecule has 4 rings (SSSR count). The van der Waals surface area contributed by atoms with Gasteiger partial charge in [-0.25, -0.2) is 4.79 Å². The minimum Gasteiger partial charge on any atom is -0.507 e. The van der Waals surface area contributed by atoms with Crippen molar-refractivity contribution in [2.24, 2.45) is 0 Å². The Morgan fingerprint density at radius 3 is 2.49 bits per heavy atom. The van der Waals surface area contributed by atoms with Crippen molar-refractivity contribution in [2.45, 2.75) is 32.9 Å². The number of hydrogen-bond donors (Lipinski definition) is 1. The lowest BCUT2D eigenvalue weighted by Gasteiger charge is -2.25. The summed E-state index contributed by atoms with van der Waals surface area (Å²) in [6.45, 7) is 5.70. The number of carbonyl (C=O) groups is 3. The lowest BCUT2D eigenvalue weighted by Crippen LogP contribution is -2.29. The van der Waals surface area contributed by atoms with Crippen LogP contribution in [0.3, 0.4) is 0 Å². The highest BCUT2D eigenvalue weighted by atomic mass is 35.5. The molecule has 3 aromatic rings. The zero-order chi connectivity index (χ0) is 26.7. The van der Waals surface area contributed by atoms with Crippen LogP contribution in [0.15, 0.2) is 72.6 Å². The average Bonchev–Trinajstić information content (AvgIpc) is 3.15. The second-order valence-electron chi connectivity index (χ2n) is 8.53. The SMILES string of the molecule is CCOc1ccc(Cl)c(/C(O)=C2\C(=O)C(=O)N(c3ccc(C(=O)OC(C)C)cc3)C2c2cccnc2)c1. The first-order valence-corrected chi connectivity index (χ1v) is 12.0. The highest BCUT2D eigenvalue weighted by Crippen LogP contribution is 2.43. The van der Waals surface area contributed by atoms with E-state index in [1.54, 1.807) is 56.4 Å². The van der Waals surface area contributed by atoms with E-state index in [9.17, 15) is 19.5 Å². The number of aromatic nitrogens is 1. The molecule has 1 unspecified atom stereocenters. The Kier molecular flexibility index (Phi) is 7.59. The molecule has 2 heterocycles. The molecule has 1 amide bonds. The number of carbonyl (C=O) groups excluding carboxylic acids is 3. The molecule has 1 aromatic heterocycles. The van der Waals surface area contributed by atoms with Crippen LogP contribution in [0.5, 0.6) is 5.75 Å². The number of Topliss-reactive ketones (excluding diaryl/α,β-unsaturated/α-hetero) is 1. The number of pyridine rings is 1. The number of esters is 1. The molecule has 1 aliphatic heterocycles. The number of aliphatic hydroxyl groups is 1. The van der Waals surface area contributed by atoms with E-state index in [-0.39, 0.29) is 22.3 Å². The highest BCUT2D eigenvalue weighted by Gasteiger charge is 2.47. The van der Waals surface area contributed by atoms with E-state index in [4.69, 9.17) is 21.1 Å². The van der Waals surface area contributed by atoms with Crippen molar-refractivity contribution in [3.63, 3.8) is 0 Å². The molecule has 2 aromatic carbocycles. The van der Waals surface area contributed by atoms with Crippen LogP contribution < -0.4 is 9.64 Å². The van der Waals surface area contributed by atoms with Crippen molar-refractivity contribution in [1.82, 2.24) is 4.98 Å². The average molecular weight is 521 g/mol. The summed E-state index contributed by atoms with van der Waals surface area (Å²) in [6, 6.07) is 13.2. The van der Waals surface area contributed by atoms with Gasteiger partial charge in [0.15, 0.2) is 0 Å². The zero-order valence-electron chi connectivity index (χ0n) is 20.5. The summed E-state index contributed by atoms with van der Waals surface area (Å²) in [4.78, 5) is 44.3. The normalized spacial score (nSPS) is 16.8. The smallest absolute Gasteiger partial charge is 0.338 e. The summed E-state index contributed by atoms with van der Waals surface area (Å²) in [5, 5.41) is 11.5. The molecule has 1 saturated heterocycles. The van der Waals surface area contributed by atoms with Crippen molar-refractivity contribution < 1.29 is 29.0 Å². The number of benzene rings is 2. The van der Waals surface area contributed by atoms with Crippen molar-refractivity contribution in [3.05, 3.63) is 94.3 Å². The number of anilines is 1. The van der Waals surface area contributed by atoms with Gasteiger partial charge in [0.2, 0.25) is 0 Å². The summed E-state index contributed by atoms with van der Waals surface area (Å²) in [7, 11) is 0. The Bertz CT molecular complexity index is 1370. The number of ether oxygens (including phenoxy) is 2. The topological polar surface area (TPSA) is 106 Å². The van der Waals surface area contributed by atoms with E-state index >= 15 is 0 Å². The summed E-state index contributed by atoms with van der Waals surface area (Å²) in [6.07, 6.45) is 2.79. The van der Waals surface area contributed by atoms with Crippen LogP contribution in [-0.2, 0) is 14.3 Å². The van der Waals surface area contributed by atoms with Crippen molar-refractivity contribution in [2.75, 3.05) is 11.5 Å². The predicted molar refractivity (Wildman–Crippen MR) is 139 cm³/mol. The summed E-state index contributed by atoms with van der Waals surface area (Å²) in [5.74, 6) is -2.21. The number of amides is 1. The fourth-order valence-electron chi connectivity index (χ4n) is 4.08. The second-order valence-corrected chi connectivity index (χ2v) is 8.94. The summed E-state index contributed by atoms with van der Waals surface area (Å²) >= 11 is 6.37. The maximum atomic E-state index is 13.3. The minimum atomic E-state index is -0.992. The van der Waals surface area contributed by atoms with E-state index in [1.807, 2.05) is 6.92 Å². The van der Waals surface area contributed by atoms with Gasteiger partial charge in [0.25, 0.3) is 11.7 Å². The molecule has 37 heavy (non-hydrogen) atoms. The van der Waals surface area contributed by atoms with Crippen LogP contribution in [0.1, 0.15) is 48.3 Å². The molecule has 0 radical (unpaired) electrons. The van der Waals surface area contributed by atoms with Gasteiger partial charge in [-0.05, 0) is 74.9 Å². The molecule has 8 nitrogen and oxygen atoms in total. The van der Waals surface area contributed by atoms with E-state index < -0.39 is 29.5 Å². The lowest BCUT2D eigenvalue weighted by molar-refractivity contribution is -0.132. The maximum absolute atomic E-state index is 13.3. The van der Waals surface area contributed by atoms with Gasteiger partial charge in [-0.15, -0.1) is 0 Å². The van der Waals surface area contributed by atoms with Gasteiger partial charge in [-0.3, -0.25) is 19.5 Å². The fraction of sp³-hybridized carbons (Fsp3) is 0.214. The zero-order valence-corrected chi connectivity index (χ0v) is 21.2. The van der Waals surface area contributed by atoms with Crippen molar-refractivity contribution in [3.8, 4) is 5.75 Å². The van der Waals surface area contributed by atoms with Crippen LogP contribution in [0, 0.1) is 0 Å². The third-order valence-electron chi connectivity index (χ3n) is 5.67. The Hall–Kier alpha value is -4.17. The third kappa shape index (κ3) is 5.20. The Morgan fingerprint density at radius 1 is 1.14 bits per heavy atom. The van der Waals surface area contributed by atoms with Gasteiger partial charge in [-0.1, -0.05) is 17.7 Å². The van der Waals surface area contributed by atoms with Gasteiger partial charge >= 0.3 is 5.97 Å². The molecule has 0 bridgehead atoms. The molecule has 0 saturated carbocycles. The largest absolute Gasteiger partial charge is 0.507 e. The van der Waals surface area contributed by atoms with Crippen LogP contribution in [0.25, 0.3) is 5.76 Å². The van der Waals surface area contributed by atoms with E-state index in [1.165, 1.54) is 29.3 Å². The molecule has 1 atom stereocenters. The van der Waals surface area contributed by atoms with Crippen molar-refractivity contribution >= 4 is 40.7 Å². The predicted octanol–water partition coefficient (Wildman–Crippen LogP) is 5.33. The molecule has 1 N–H and O–H groups in total. The molecule has 190 valence electrons. The van der Waals surface area contributed by atoms with Crippen LogP contribution in [-0.4, -0.2) is 40.5 Å². The van der Waals surface area contributed by atoms with Crippen molar-refractivity contribution in [1.29, 1.82) is 0 Å². The molecule has 1 aliphatic rings. The minimum absolute atomic E-state index is 0.142. The number of nitrogens with zero attached hydrogens (tertiary/aromatic N) is 2. The number of ketones is 1. The first kappa shape index (κ1) is 25.9. The van der Waals surface area contributed by atoms with Crippen LogP contribution in [0.4, 0.5) is 5.69 Å². The number of aliphatic hydroxyl groups excluding tert-OH is 1. The Morgan fingerprint density at radius 2 is 1.86 bits per heavy atom. The van der Waals surface area contributed by atoms with Gasteiger partial charge in [0.05, 0.1) is 34.9 Å². The monoisotopic (exact) mass is 520 g/mol. The molecule has 0 aliphatic carbocycles. The molecular formula is C28H25ClN2O6. The first-order chi connectivity index (χ1) is 17.7. The van der Waals surface area contributed by atoms with E-state index in [0.29, 0.717) is 29.2 Å². The summed E-state index contributed by atoms with van der Waals surface area (Å²) < 4.78 is 10.7. The lowest BCUT2D eigenvalue weighted by atomic mass is 9.96. The van der Waals surface area contributed by atoms with E-state index in [2.05, 4.69) is 4.98 Å². The first-order valence-electron chi connectivity index (χ1n) is 11.7. The van der Waals surface area contributed by atoms with Gasteiger partial charge in [-0.2, -0.15) is 0 Å². The standard InChI is InChI=1S/C28H25ClN2O6/c1-4-36-20-11-12-22(29)21(14-20)25(32)23-24(18-6-5-13-30-15-18)31(27(34)26(23)33)19-9-7-17(8-10-19)28(35)37-16(2)3/h5-16,24,32H,4H2,1-3H3/b25-23+. The number of halogens is 1. The fourth-order valence-corrected chi connectivity index (χ4v) is 4.29. The van der Waals surface area contributed by atoms with Gasteiger partial charge in [0, 0.05) is 23.6 Å². The van der Waals surface area contributed by atoms with Gasteiger partial charge in [0.1, 0.15) is 11.5 Å².